The second-order valence-corrected chi connectivity index (χ2v) is 29.6. The van der Waals surface area contributed by atoms with Crippen molar-refractivity contribution < 1.29 is 80.2 Å². The molecule has 0 spiro atoms. The van der Waals surface area contributed by atoms with Gasteiger partial charge in [0, 0.05) is 25.7 Å². The van der Waals surface area contributed by atoms with Gasteiger partial charge in [-0.15, -0.1) is 0 Å². The molecule has 0 aliphatic rings. The highest BCUT2D eigenvalue weighted by Crippen LogP contribution is 2.45. The first-order valence-corrected chi connectivity index (χ1v) is 39.3. The molecule has 5 atom stereocenters. The number of carbonyl (C=O) groups excluding carboxylic acids is 4. The van der Waals surface area contributed by atoms with Crippen LogP contribution in [0.4, 0.5) is 0 Å². The highest BCUT2D eigenvalue weighted by Gasteiger charge is 2.30. The third kappa shape index (κ3) is 64.6. The van der Waals surface area contributed by atoms with E-state index in [2.05, 4.69) is 48.5 Å². The summed E-state index contributed by atoms with van der Waals surface area (Å²) in [4.78, 5) is 72.4. The maximum Gasteiger partial charge on any atom is 0.472 e. The Morgan fingerprint density at radius 1 is 0.303 bits per heavy atom. The van der Waals surface area contributed by atoms with Crippen LogP contribution in [0.1, 0.15) is 350 Å². The van der Waals surface area contributed by atoms with E-state index in [1.54, 1.807) is 0 Å². The molecule has 17 nitrogen and oxygen atoms in total. The van der Waals surface area contributed by atoms with Crippen molar-refractivity contribution in [1.82, 2.24) is 0 Å². The first kappa shape index (κ1) is 87.1. The average molecular weight is 1310 g/mol. The highest BCUT2D eigenvalue weighted by atomic mass is 31.2. The number of rotatable bonds is 68. The van der Waals surface area contributed by atoms with Crippen LogP contribution >= 0.6 is 15.6 Å². The third-order valence-electron chi connectivity index (χ3n) is 16.1. The van der Waals surface area contributed by atoms with E-state index in [1.807, 2.05) is 0 Å². The van der Waals surface area contributed by atoms with E-state index < -0.39 is 97.5 Å². The minimum atomic E-state index is -4.95. The topological polar surface area (TPSA) is 237 Å². The summed E-state index contributed by atoms with van der Waals surface area (Å²) in [6, 6.07) is 0. The Morgan fingerprint density at radius 3 is 0.764 bits per heavy atom. The number of phosphoric acid groups is 2. The van der Waals surface area contributed by atoms with Gasteiger partial charge in [0.2, 0.25) is 0 Å². The molecule has 2 unspecified atom stereocenters. The van der Waals surface area contributed by atoms with Gasteiger partial charge in [0.15, 0.2) is 12.2 Å². The molecule has 0 rings (SSSR count). The maximum absolute atomic E-state index is 13.0. The number of carbonyl (C=O) groups is 4. The van der Waals surface area contributed by atoms with Gasteiger partial charge in [-0.2, -0.15) is 0 Å². The number of hydrogen-bond donors (Lipinski definition) is 3. The minimum absolute atomic E-state index is 0.102. The Morgan fingerprint density at radius 2 is 0.517 bits per heavy atom. The zero-order chi connectivity index (χ0) is 65.9. The molecule has 0 radical (unpaired) electrons. The molecule has 89 heavy (non-hydrogen) atoms. The lowest BCUT2D eigenvalue weighted by atomic mass is 10.0. The van der Waals surface area contributed by atoms with E-state index >= 15 is 0 Å². The normalized spacial score (nSPS) is 14.2. The van der Waals surface area contributed by atoms with Gasteiger partial charge in [0.25, 0.3) is 0 Å². The van der Waals surface area contributed by atoms with Gasteiger partial charge in [0.1, 0.15) is 19.3 Å². The van der Waals surface area contributed by atoms with E-state index in [0.717, 1.165) is 102 Å². The van der Waals surface area contributed by atoms with Gasteiger partial charge in [-0.1, -0.05) is 299 Å². The van der Waals surface area contributed by atoms with Crippen LogP contribution in [-0.4, -0.2) is 96.7 Å². The second-order valence-electron chi connectivity index (χ2n) is 26.7. The lowest BCUT2D eigenvalue weighted by Crippen LogP contribution is -2.30. The smallest absolute Gasteiger partial charge is 0.462 e. The van der Waals surface area contributed by atoms with Gasteiger partial charge in [-0.3, -0.25) is 37.3 Å². The fourth-order valence-electron chi connectivity index (χ4n) is 10.5. The molecule has 0 heterocycles. The Balaban J connectivity index is 5.19. The summed E-state index contributed by atoms with van der Waals surface area (Å²) in [5, 5.41) is 10.6. The molecule has 19 heteroatoms. The molecule has 0 amide bonds. The molecular formula is C70H136O17P2. The van der Waals surface area contributed by atoms with Crippen molar-refractivity contribution in [2.45, 2.75) is 369 Å². The number of aliphatic hydroxyl groups is 1. The van der Waals surface area contributed by atoms with E-state index in [9.17, 15) is 43.2 Å². The van der Waals surface area contributed by atoms with Gasteiger partial charge >= 0.3 is 39.5 Å². The van der Waals surface area contributed by atoms with Crippen molar-refractivity contribution in [2.75, 3.05) is 39.6 Å². The molecule has 0 fully saturated rings. The molecule has 528 valence electrons. The number of ether oxygens (including phenoxy) is 4. The molecule has 0 aromatic rings. The summed E-state index contributed by atoms with van der Waals surface area (Å²) in [6.07, 6.45) is 44.9. The van der Waals surface area contributed by atoms with Crippen LogP contribution in [0.3, 0.4) is 0 Å². The number of aliphatic hydroxyl groups excluding tert-OH is 1. The summed E-state index contributed by atoms with van der Waals surface area (Å²) < 4.78 is 68.2. The van der Waals surface area contributed by atoms with E-state index in [0.29, 0.717) is 37.5 Å². The zero-order valence-electron chi connectivity index (χ0n) is 57.9. The van der Waals surface area contributed by atoms with Crippen LogP contribution < -0.4 is 0 Å². The third-order valence-corrected chi connectivity index (χ3v) is 18.0. The monoisotopic (exact) mass is 1310 g/mol. The predicted molar refractivity (Wildman–Crippen MR) is 358 cm³/mol. The molecule has 0 aromatic carbocycles. The number of esters is 4. The standard InChI is InChI=1S/C70H136O17P2/c1-8-9-10-11-12-13-14-15-16-17-18-19-20-21-22-23-30-39-46-53-69(74)86-65(57-80-67(72)51-44-37-29-25-24-27-34-41-48-61(2)3)59-84-88(76,77)82-55-64(71)56-83-89(78,79)85-60-66(58-81-68(73)52-45-38-33-32-36-43-50-63(6)7)87-70(75)54-47-40-31-26-28-35-42-49-62(4)5/h61-66,71H,8-60H2,1-7H3,(H,76,77)(H,78,79)/t64-,65-,66-/m1/s1. The summed E-state index contributed by atoms with van der Waals surface area (Å²) in [7, 11) is -9.90. The maximum atomic E-state index is 13.0. The fraction of sp³-hybridized carbons (Fsp3) is 0.943. The Bertz CT molecular complexity index is 1750. The lowest BCUT2D eigenvalue weighted by molar-refractivity contribution is -0.161. The van der Waals surface area contributed by atoms with Crippen LogP contribution in [0.2, 0.25) is 0 Å². The molecule has 0 saturated heterocycles. The predicted octanol–water partition coefficient (Wildman–Crippen LogP) is 19.8. The van der Waals surface area contributed by atoms with Crippen LogP contribution in [0.5, 0.6) is 0 Å². The van der Waals surface area contributed by atoms with Gasteiger partial charge in [-0.25, -0.2) is 9.13 Å². The van der Waals surface area contributed by atoms with Crippen LogP contribution in [0.25, 0.3) is 0 Å². The number of unbranched alkanes of at least 4 members (excludes halogenated alkanes) is 36. The minimum Gasteiger partial charge on any atom is -0.462 e. The van der Waals surface area contributed by atoms with Gasteiger partial charge in [-0.05, 0) is 43.4 Å². The molecule has 3 N–H and O–H groups in total. The highest BCUT2D eigenvalue weighted by molar-refractivity contribution is 7.47. The molecule has 0 aliphatic heterocycles. The average Bonchev–Trinajstić information content (AvgIpc) is 3.53. The largest absolute Gasteiger partial charge is 0.472 e. The quantitative estimate of drug-likeness (QED) is 0.0222. The first-order valence-electron chi connectivity index (χ1n) is 36.3. The van der Waals surface area contributed by atoms with Crippen molar-refractivity contribution in [2.24, 2.45) is 17.8 Å². The van der Waals surface area contributed by atoms with Crippen molar-refractivity contribution in [3.8, 4) is 0 Å². The molecule has 0 aromatic heterocycles. The van der Waals surface area contributed by atoms with E-state index in [-0.39, 0.29) is 25.7 Å². The number of phosphoric ester groups is 2. The number of hydrogen-bond acceptors (Lipinski definition) is 15. The Kier molecular flexibility index (Phi) is 59.6. The van der Waals surface area contributed by atoms with Crippen LogP contribution in [0.15, 0.2) is 0 Å². The molecular weight excluding hydrogens is 1170 g/mol. The van der Waals surface area contributed by atoms with E-state index in [1.165, 1.54) is 154 Å². The van der Waals surface area contributed by atoms with Crippen LogP contribution in [-0.2, 0) is 65.4 Å². The lowest BCUT2D eigenvalue weighted by Gasteiger charge is -2.21. The van der Waals surface area contributed by atoms with Crippen molar-refractivity contribution in [3.05, 3.63) is 0 Å². The summed E-state index contributed by atoms with van der Waals surface area (Å²) in [5.41, 5.74) is 0. The van der Waals surface area contributed by atoms with Crippen molar-refractivity contribution in [3.63, 3.8) is 0 Å². The zero-order valence-corrected chi connectivity index (χ0v) is 59.7. The fourth-order valence-corrected chi connectivity index (χ4v) is 12.1. The van der Waals surface area contributed by atoms with Crippen LogP contribution in [0, 0.1) is 17.8 Å². The molecule has 0 aliphatic carbocycles. The van der Waals surface area contributed by atoms with Gasteiger partial charge in [0.05, 0.1) is 26.4 Å². The van der Waals surface area contributed by atoms with Crippen molar-refractivity contribution in [1.29, 1.82) is 0 Å². The summed E-state index contributed by atoms with van der Waals surface area (Å²) >= 11 is 0. The molecule has 0 bridgehead atoms. The molecule has 0 saturated carbocycles. The Hall–Kier alpha value is -1.94. The SMILES string of the molecule is CCCCCCCCCCCCCCCCCCCCCC(=O)O[C@H](COC(=O)CCCCCCCCCCC(C)C)COP(=O)(O)OC[C@@H](O)COP(=O)(O)OC[C@@H](COC(=O)CCCCCCCCC(C)C)OC(=O)CCCCCCCCCC(C)C. The van der Waals surface area contributed by atoms with E-state index in [4.69, 9.17) is 37.0 Å². The van der Waals surface area contributed by atoms with Gasteiger partial charge < -0.3 is 33.8 Å². The summed E-state index contributed by atoms with van der Waals surface area (Å²) in [5.74, 6) is -0.0309. The van der Waals surface area contributed by atoms with Crippen molar-refractivity contribution >= 4 is 39.5 Å². The first-order chi connectivity index (χ1) is 42.7. The second kappa shape index (κ2) is 61.0. The summed E-state index contributed by atoms with van der Waals surface area (Å²) in [6.45, 7) is 11.7. The Labute approximate surface area is 543 Å².